The Labute approximate surface area is 146 Å². The molecule has 0 aromatic rings. The first kappa shape index (κ1) is 19.6. The number of amides is 1. The molecule has 140 valence electrons. The summed E-state index contributed by atoms with van der Waals surface area (Å²) in [5.41, 5.74) is 0. The van der Waals surface area contributed by atoms with Crippen LogP contribution in [0.4, 0.5) is 0 Å². The minimum Gasteiger partial charge on any atom is -0.353 e. The number of carbonyl (C=O) groups excluding carboxylic acids is 1. The normalized spacial score (nSPS) is 26.2. The Morgan fingerprint density at radius 2 is 1.83 bits per heavy atom. The Kier molecular flexibility index (Phi) is 7.03. The van der Waals surface area contributed by atoms with Crippen molar-refractivity contribution in [2.75, 3.05) is 39.3 Å². The van der Waals surface area contributed by atoms with Gasteiger partial charge in [-0.1, -0.05) is 13.3 Å². The van der Waals surface area contributed by atoms with Crippen LogP contribution in [0.3, 0.4) is 0 Å². The molecule has 0 bridgehead atoms. The van der Waals surface area contributed by atoms with E-state index in [-0.39, 0.29) is 18.0 Å². The molecule has 2 rings (SSSR count). The van der Waals surface area contributed by atoms with E-state index < -0.39 is 10.2 Å². The molecule has 1 N–H and O–H groups in total. The van der Waals surface area contributed by atoms with E-state index in [4.69, 9.17) is 0 Å². The summed E-state index contributed by atoms with van der Waals surface area (Å²) in [6, 6.07) is 0.267. The van der Waals surface area contributed by atoms with Crippen LogP contribution in [0.2, 0.25) is 0 Å². The van der Waals surface area contributed by atoms with Crippen molar-refractivity contribution in [1.29, 1.82) is 0 Å². The predicted molar refractivity (Wildman–Crippen MR) is 94.8 cm³/mol. The number of carbonyl (C=O) groups is 1. The maximum atomic E-state index is 12.8. The summed E-state index contributed by atoms with van der Waals surface area (Å²) in [5.74, 6) is 0.0188. The van der Waals surface area contributed by atoms with E-state index in [1.165, 1.54) is 0 Å². The second-order valence-electron chi connectivity index (χ2n) is 7.02. The summed E-state index contributed by atoms with van der Waals surface area (Å²) in [6.07, 6.45) is 3.90. The molecule has 24 heavy (non-hydrogen) atoms. The van der Waals surface area contributed by atoms with Crippen LogP contribution >= 0.6 is 0 Å². The first-order chi connectivity index (χ1) is 11.3. The highest BCUT2D eigenvalue weighted by Gasteiger charge is 2.36. The van der Waals surface area contributed by atoms with E-state index in [2.05, 4.69) is 5.32 Å². The molecule has 2 aliphatic rings. The standard InChI is InChI=1S/C16H32N4O3S/c1-4-14(2)17-16(21)13-18-9-11-19(12-10-18)24(22,23)20-8-6-5-7-15(20)3/h14-15H,4-13H2,1-3H3,(H,17,21)/t14-,15+/m0/s1. The fourth-order valence-electron chi connectivity index (χ4n) is 3.31. The summed E-state index contributed by atoms with van der Waals surface area (Å²) in [6.45, 7) is 9.12. The zero-order valence-corrected chi connectivity index (χ0v) is 16.0. The predicted octanol–water partition coefficient (Wildman–Crippen LogP) is 0.638. The lowest BCUT2D eigenvalue weighted by Crippen LogP contribution is -2.56. The monoisotopic (exact) mass is 360 g/mol. The minimum absolute atomic E-state index is 0.0188. The van der Waals surface area contributed by atoms with E-state index >= 15 is 0 Å². The van der Waals surface area contributed by atoms with Crippen molar-refractivity contribution >= 4 is 16.1 Å². The fourth-order valence-corrected chi connectivity index (χ4v) is 5.15. The van der Waals surface area contributed by atoms with Crippen LogP contribution in [0.25, 0.3) is 0 Å². The number of hydrogen-bond donors (Lipinski definition) is 1. The van der Waals surface area contributed by atoms with Gasteiger partial charge in [0.05, 0.1) is 6.54 Å². The lowest BCUT2D eigenvalue weighted by molar-refractivity contribution is -0.123. The third-order valence-electron chi connectivity index (χ3n) is 5.08. The number of piperazine rings is 1. The van der Waals surface area contributed by atoms with Crippen LogP contribution in [0.1, 0.15) is 46.5 Å². The first-order valence-electron chi connectivity index (χ1n) is 9.13. The quantitative estimate of drug-likeness (QED) is 0.754. The summed E-state index contributed by atoms with van der Waals surface area (Å²) in [7, 11) is -3.37. The third kappa shape index (κ3) is 4.91. The van der Waals surface area contributed by atoms with E-state index in [1.807, 2.05) is 25.7 Å². The van der Waals surface area contributed by atoms with Crippen LogP contribution in [-0.4, -0.2) is 79.2 Å². The maximum absolute atomic E-state index is 12.8. The molecular formula is C16H32N4O3S. The lowest BCUT2D eigenvalue weighted by Gasteiger charge is -2.39. The summed E-state index contributed by atoms with van der Waals surface area (Å²) in [5, 5.41) is 2.96. The second-order valence-corrected chi connectivity index (χ2v) is 8.90. The Balaban J connectivity index is 1.84. The topological polar surface area (TPSA) is 73.0 Å². The van der Waals surface area contributed by atoms with Crippen molar-refractivity contribution in [3.05, 3.63) is 0 Å². The number of piperidine rings is 1. The van der Waals surface area contributed by atoms with Crippen molar-refractivity contribution in [2.45, 2.75) is 58.5 Å². The molecule has 0 radical (unpaired) electrons. The van der Waals surface area contributed by atoms with Gasteiger partial charge in [0, 0.05) is 44.8 Å². The van der Waals surface area contributed by atoms with Gasteiger partial charge in [-0.25, -0.2) is 0 Å². The third-order valence-corrected chi connectivity index (χ3v) is 7.24. The lowest BCUT2D eigenvalue weighted by atomic mass is 10.1. The van der Waals surface area contributed by atoms with Crippen LogP contribution in [0.5, 0.6) is 0 Å². The van der Waals surface area contributed by atoms with Crippen LogP contribution in [0.15, 0.2) is 0 Å². The van der Waals surface area contributed by atoms with E-state index in [1.54, 1.807) is 8.61 Å². The van der Waals surface area contributed by atoms with Gasteiger partial charge in [-0.2, -0.15) is 17.0 Å². The van der Waals surface area contributed by atoms with Gasteiger partial charge in [0.2, 0.25) is 5.91 Å². The summed E-state index contributed by atoms with van der Waals surface area (Å²) >= 11 is 0. The van der Waals surface area contributed by atoms with Crippen molar-refractivity contribution in [1.82, 2.24) is 18.8 Å². The molecule has 2 fully saturated rings. The van der Waals surface area contributed by atoms with Gasteiger partial charge in [-0.05, 0) is 33.1 Å². The minimum atomic E-state index is -3.37. The van der Waals surface area contributed by atoms with Gasteiger partial charge >= 0.3 is 0 Å². The van der Waals surface area contributed by atoms with Crippen molar-refractivity contribution in [3.63, 3.8) is 0 Å². The number of rotatable bonds is 6. The van der Waals surface area contributed by atoms with E-state index in [9.17, 15) is 13.2 Å². The number of nitrogens with one attached hydrogen (secondary N) is 1. The van der Waals surface area contributed by atoms with Crippen LogP contribution in [0, 0.1) is 0 Å². The highest BCUT2D eigenvalue weighted by molar-refractivity contribution is 7.86. The molecule has 1 amide bonds. The zero-order valence-electron chi connectivity index (χ0n) is 15.2. The SMILES string of the molecule is CC[C@H](C)NC(=O)CN1CCN(S(=O)(=O)N2CCCC[C@H]2C)CC1. The van der Waals surface area contributed by atoms with Crippen molar-refractivity contribution in [3.8, 4) is 0 Å². The molecule has 0 spiro atoms. The average molecular weight is 361 g/mol. The highest BCUT2D eigenvalue weighted by atomic mass is 32.2. The molecule has 0 aromatic heterocycles. The summed E-state index contributed by atoms with van der Waals surface area (Å²) < 4.78 is 28.9. The van der Waals surface area contributed by atoms with Gasteiger partial charge in [0.1, 0.15) is 0 Å². The van der Waals surface area contributed by atoms with Gasteiger partial charge in [0.25, 0.3) is 10.2 Å². The molecule has 2 aliphatic heterocycles. The highest BCUT2D eigenvalue weighted by Crippen LogP contribution is 2.23. The molecule has 2 atom stereocenters. The van der Waals surface area contributed by atoms with E-state index in [0.717, 1.165) is 25.7 Å². The Bertz CT molecular complexity index is 517. The first-order valence-corrected chi connectivity index (χ1v) is 10.5. The Morgan fingerprint density at radius 1 is 1.17 bits per heavy atom. The fraction of sp³-hybridized carbons (Fsp3) is 0.938. The van der Waals surface area contributed by atoms with Gasteiger partial charge in [-0.3, -0.25) is 9.69 Å². The molecule has 0 unspecified atom stereocenters. The van der Waals surface area contributed by atoms with Crippen molar-refractivity contribution in [2.24, 2.45) is 0 Å². The molecule has 2 saturated heterocycles. The molecule has 0 aliphatic carbocycles. The number of hydrogen-bond acceptors (Lipinski definition) is 4. The van der Waals surface area contributed by atoms with Crippen molar-refractivity contribution < 1.29 is 13.2 Å². The Morgan fingerprint density at radius 3 is 2.42 bits per heavy atom. The van der Waals surface area contributed by atoms with E-state index in [0.29, 0.717) is 39.3 Å². The van der Waals surface area contributed by atoms with Gasteiger partial charge in [-0.15, -0.1) is 0 Å². The molecular weight excluding hydrogens is 328 g/mol. The molecule has 0 aromatic carbocycles. The molecule has 2 heterocycles. The smallest absolute Gasteiger partial charge is 0.282 e. The molecule has 0 saturated carbocycles. The summed E-state index contributed by atoms with van der Waals surface area (Å²) in [4.78, 5) is 14.0. The maximum Gasteiger partial charge on any atom is 0.282 e. The zero-order chi connectivity index (χ0) is 17.7. The number of nitrogens with zero attached hydrogens (tertiary/aromatic N) is 3. The Hall–Kier alpha value is -0.700. The van der Waals surface area contributed by atoms with Gasteiger partial charge < -0.3 is 5.32 Å². The molecule has 7 nitrogen and oxygen atoms in total. The van der Waals surface area contributed by atoms with Crippen LogP contribution in [-0.2, 0) is 15.0 Å². The second kappa shape index (κ2) is 8.60. The van der Waals surface area contributed by atoms with Gasteiger partial charge in [0.15, 0.2) is 0 Å². The largest absolute Gasteiger partial charge is 0.353 e. The molecule has 8 heteroatoms. The van der Waals surface area contributed by atoms with Crippen LogP contribution < -0.4 is 5.32 Å². The average Bonchev–Trinajstić information content (AvgIpc) is 2.55.